The Morgan fingerprint density at radius 2 is 1.50 bits per heavy atom. The second-order valence-corrected chi connectivity index (χ2v) is 4.62. The van der Waals surface area contributed by atoms with Crippen LogP contribution in [-0.2, 0) is 4.79 Å². The fourth-order valence-electron chi connectivity index (χ4n) is 2.41. The Balaban J connectivity index is 2.12. The second kappa shape index (κ2) is 5.19. The van der Waals surface area contributed by atoms with Gasteiger partial charge in [-0.05, 0) is 16.3 Å². The Kier molecular flexibility index (Phi) is 3.23. The summed E-state index contributed by atoms with van der Waals surface area (Å²) in [6, 6.07) is 16.7. The highest BCUT2D eigenvalue weighted by Crippen LogP contribution is 2.23. The van der Waals surface area contributed by atoms with Gasteiger partial charge in [0, 0.05) is 12.4 Å². The third-order valence-corrected chi connectivity index (χ3v) is 3.34. The number of amides is 1. The minimum Gasteiger partial charge on any atom is -0.337 e. The van der Waals surface area contributed by atoms with Crippen LogP contribution in [0.2, 0.25) is 0 Å². The van der Waals surface area contributed by atoms with Gasteiger partial charge in [0.15, 0.2) is 0 Å². The van der Waals surface area contributed by atoms with E-state index in [1.807, 2.05) is 71.6 Å². The van der Waals surface area contributed by atoms with Crippen molar-refractivity contribution < 1.29 is 10.0 Å². The van der Waals surface area contributed by atoms with E-state index in [9.17, 15) is 4.79 Å². The fourth-order valence-corrected chi connectivity index (χ4v) is 2.41. The summed E-state index contributed by atoms with van der Waals surface area (Å²) in [6.45, 7) is 0. The van der Waals surface area contributed by atoms with E-state index in [0.717, 1.165) is 16.3 Å². The number of hydrogen-bond donors (Lipinski definition) is 2. The SMILES string of the molecule is O=C(NO)C(c1ccccc1)n1cc2ccccc2c1. The molecule has 1 aromatic heterocycles. The molecule has 0 saturated carbocycles. The lowest BCUT2D eigenvalue weighted by molar-refractivity contribution is -0.131. The molecule has 0 radical (unpaired) electrons. The van der Waals surface area contributed by atoms with E-state index in [4.69, 9.17) is 5.21 Å². The molecule has 0 aliphatic heterocycles. The van der Waals surface area contributed by atoms with E-state index >= 15 is 0 Å². The minimum atomic E-state index is -0.589. The van der Waals surface area contributed by atoms with Crippen molar-refractivity contribution in [2.45, 2.75) is 6.04 Å². The summed E-state index contributed by atoms with van der Waals surface area (Å²) in [5, 5.41) is 11.1. The Labute approximate surface area is 116 Å². The number of aromatic nitrogens is 1. The number of fused-ring (bicyclic) bond motifs is 1. The number of carbonyl (C=O) groups is 1. The zero-order valence-electron chi connectivity index (χ0n) is 10.7. The van der Waals surface area contributed by atoms with Crippen LogP contribution in [-0.4, -0.2) is 15.7 Å². The van der Waals surface area contributed by atoms with Crippen molar-refractivity contribution in [2.24, 2.45) is 0 Å². The van der Waals surface area contributed by atoms with Crippen LogP contribution in [0.15, 0.2) is 67.0 Å². The van der Waals surface area contributed by atoms with Crippen LogP contribution in [0.1, 0.15) is 11.6 Å². The van der Waals surface area contributed by atoms with Crippen molar-refractivity contribution >= 4 is 16.7 Å². The zero-order valence-corrected chi connectivity index (χ0v) is 10.7. The first-order valence-electron chi connectivity index (χ1n) is 6.35. The molecule has 20 heavy (non-hydrogen) atoms. The largest absolute Gasteiger partial charge is 0.337 e. The number of benzene rings is 2. The summed E-state index contributed by atoms with van der Waals surface area (Å²) in [4.78, 5) is 12.0. The van der Waals surface area contributed by atoms with Gasteiger partial charge in [0.2, 0.25) is 0 Å². The number of carbonyl (C=O) groups excluding carboxylic acids is 1. The number of hydroxylamine groups is 1. The van der Waals surface area contributed by atoms with Crippen LogP contribution in [0, 0.1) is 0 Å². The quantitative estimate of drug-likeness (QED) is 0.565. The van der Waals surface area contributed by atoms with Gasteiger partial charge in [-0.25, -0.2) is 5.48 Å². The van der Waals surface area contributed by atoms with Gasteiger partial charge in [-0.2, -0.15) is 0 Å². The van der Waals surface area contributed by atoms with Gasteiger partial charge in [-0.3, -0.25) is 10.0 Å². The molecule has 0 aliphatic rings. The topological polar surface area (TPSA) is 54.3 Å². The predicted molar refractivity (Wildman–Crippen MR) is 76.4 cm³/mol. The first-order valence-corrected chi connectivity index (χ1v) is 6.35. The molecule has 1 amide bonds. The number of nitrogens with one attached hydrogen (secondary N) is 1. The maximum atomic E-state index is 12.0. The summed E-state index contributed by atoms with van der Waals surface area (Å²) in [6.07, 6.45) is 3.81. The highest BCUT2D eigenvalue weighted by atomic mass is 16.5. The van der Waals surface area contributed by atoms with Gasteiger partial charge in [-0.15, -0.1) is 0 Å². The first kappa shape index (κ1) is 12.4. The predicted octanol–water partition coefficient (Wildman–Crippen LogP) is 2.74. The average molecular weight is 266 g/mol. The zero-order chi connectivity index (χ0) is 13.9. The molecule has 4 nitrogen and oxygen atoms in total. The maximum absolute atomic E-state index is 12.0. The van der Waals surface area contributed by atoms with Crippen LogP contribution in [0.25, 0.3) is 10.8 Å². The molecule has 1 unspecified atom stereocenters. The van der Waals surface area contributed by atoms with Crippen LogP contribution in [0.3, 0.4) is 0 Å². The van der Waals surface area contributed by atoms with Gasteiger partial charge in [-0.1, -0.05) is 54.6 Å². The van der Waals surface area contributed by atoms with E-state index in [2.05, 4.69) is 0 Å². The van der Waals surface area contributed by atoms with E-state index in [1.165, 1.54) is 0 Å². The molecule has 0 aliphatic carbocycles. The van der Waals surface area contributed by atoms with Gasteiger partial charge < -0.3 is 4.57 Å². The third-order valence-electron chi connectivity index (χ3n) is 3.34. The van der Waals surface area contributed by atoms with Crippen LogP contribution >= 0.6 is 0 Å². The van der Waals surface area contributed by atoms with Crippen LogP contribution in [0.4, 0.5) is 0 Å². The fraction of sp³-hybridized carbons (Fsp3) is 0.0625. The van der Waals surface area contributed by atoms with E-state index < -0.39 is 11.9 Å². The molecule has 3 aromatic rings. The average Bonchev–Trinajstić information content (AvgIpc) is 2.91. The van der Waals surface area contributed by atoms with Gasteiger partial charge in [0.05, 0.1) is 0 Å². The smallest absolute Gasteiger partial charge is 0.270 e. The molecule has 1 atom stereocenters. The number of nitrogens with zero attached hydrogens (tertiary/aromatic N) is 1. The lowest BCUT2D eigenvalue weighted by Crippen LogP contribution is -2.30. The highest BCUT2D eigenvalue weighted by Gasteiger charge is 2.21. The van der Waals surface area contributed by atoms with Crippen molar-refractivity contribution in [3.05, 3.63) is 72.6 Å². The number of hydrogen-bond acceptors (Lipinski definition) is 2. The minimum absolute atomic E-state index is 0.462. The van der Waals surface area contributed by atoms with Gasteiger partial charge in [0.1, 0.15) is 6.04 Å². The molecule has 3 rings (SSSR count). The van der Waals surface area contributed by atoms with Crippen LogP contribution < -0.4 is 5.48 Å². The Bertz CT molecular complexity index is 701. The van der Waals surface area contributed by atoms with E-state index in [-0.39, 0.29) is 0 Å². The Morgan fingerprint density at radius 3 is 2.05 bits per heavy atom. The molecular weight excluding hydrogens is 252 g/mol. The summed E-state index contributed by atoms with van der Waals surface area (Å²) in [7, 11) is 0. The van der Waals surface area contributed by atoms with Crippen LogP contribution in [0.5, 0.6) is 0 Å². The lowest BCUT2D eigenvalue weighted by atomic mass is 10.1. The van der Waals surface area contributed by atoms with Crippen molar-refractivity contribution in [3.63, 3.8) is 0 Å². The summed E-state index contributed by atoms with van der Waals surface area (Å²) >= 11 is 0. The van der Waals surface area contributed by atoms with Crippen molar-refractivity contribution in [1.29, 1.82) is 0 Å². The molecule has 0 saturated heterocycles. The summed E-state index contributed by atoms with van der Waals surface area (Å²) in [5.74, 6) is -0.462. The number of rotatable bonds is 3. The summed E-state index contributed by atoms with van der Waals surface area (Å²) in [5.41, 5.74) is 2.57. The maximum Gasteiger partial charge on any atom is 0.270 e. The Hall–Kier alpha value is -2.59. The van der Waals surface area contributed by atoms with E-state index in [0.29, 0.717) is 0 Å². The molecule has 2 aromatic carbocycles. The van der Waals surface area contributed by atoms with Crippen molar-refractivity contribution in [3.8, 4) is 0 Å². The van der Waals surface area contributed by atoms with Crippen molar-refractivity contribution in [1.82, 2.24) is 10.0 Å². The lowest BCUT2D eigenvalue weighted by Gasteiger charge is -2.17. The van der Waals surface area contributed by atoms with Crippen molar-refractivity contribution in [2.75, 3.05) is 0 Å². The van der Waals surface area contributed by atoms with Gasteiger partial charge in [0.25, 0.3) is 5.91 Å². The van der Waals surface area contributed by atoms with Gasteiger partial charge >= 0.3 is 0 Å². The Morgan fingerprint density at radius 1 is 0.950 bits per heavy atom. The molecule has 0 bridgehead atoms. The standard InChI is InChI=1S/C16H14N2O2/c19-16(17-20)15(12-6-2-1-3-7-12)18-10-13-8-4-5-9-14(13)11-18/h1-11,15,20H,(H,17,19). The highest BCUT2D eigenvalue weighted by molar-refractivity contribution is 5.86. The molecule has 4 heteroatoms. The summed E-state index contributed by atoms with van der Waals surface area (Å²) < 4.78 is 1.81. The monoisotopic (exact) mass is 266 g/mol. The second-order valence-electron chi connectivity index (χ2n) is 4.62. The molecular formula is C16H14N2O2. The third kappa shape index (κ3) is 2.17. The molecule has 100 valence electrons. The molecule has 1 heterocycles. The molecule has 2 N–H and O–H groups in total. The molecule has 0 fully saturated rings. The van der Waals surface area contributed by atoms with E-state index in [1.54, 1.807) is 5.48 Å². The normalized spacial score (nSPS) is 12.2. The first-order chi connectivity index (χ1) is 9.79. The molecule has 0 spiro atoms.